The number of fused-ring (bicyclic) bond motifs is 1. The van der Waals surface area contributed by atoms with E-state index < -0.39 is 0 Å². The fraction of sp³-hybridized carbons (Fsp3) is 0.556. The van der Waals surface area contributed by atoms with Crippen LogP contribution in [0.25, 0.3) is 0 Å². The number of hydrazone groups is 1. The number of benzene rings is 1. The number of carbonyl (C=O) groups is 1. The Morgan fingerprint density at radius 2 is 2.14 bits per heavy atom. The number of amides is 1. The highest BCUT2D eigenvalue weighted by atomic mass is 16.2. The summed E-state index contributed by atoms with van der Waals surface area (Å²) < 4.78 is 0. The Labute approximate surface area is 133 Å². The summed E-state index contributed by atoms with van der Waals surface area (Å²) in [6.07, 6.45) is 2.83. The lowest BCUT2D eigenvalue weighted by Gasteiger charge is -2.50. The van der Waals surface area contributed by atoms with Crippen molar-refractivity contribution in [3.8, 4) is 0 Å². The first-order chi connectivity index (χ1) is 10.2. The zero-order chi connectivity index (χ0) is 16.5. The fourth-order valence-corrected chi connectivity index (χ4v) is 3.73. The molecular weight excluding hydrogens is 274 g/mol. The van der Waals surface area contributed by atoms with Gasteiger partial charge in [-0.05, 0) is 63.3 Å². The highest BCUT2D eigenvalue weighted by Crippen LogP contribution is 2.44. The van der Waals surface area contributed by atoms with Gasteiger partial charge < -0.3 is 4.90 Å². The molecule has 22 heavy (non-hydrogen) atoms. The van der Waals surface area contributed by atoms with Crippen molar-refractivity contribution in [2.75, 3.05) is 4.90 Å². The van der Waals surface area contributed by atoms with Crippen LogP contribution in [0.3, 0.4) is 0 Å². The van der Waals surface area contributed by atoms with Crippen molar-refractivity contribution in [3.63, 3.8) is 0 Å². The highest BCUT2D eigenvalue weighted by Gasteiger charge is 2.37. The predicted octanol–water partition coefficient (Wildman–Crippen LogP) is 3.66. The second-order valence-electron chi connectivity index (χ2n) is 7.13. The fourth-order valence-electron chi connectivity index (χ4n) is 3.73. The van der Waals surface area contributed by atoms with Gasteiger partial charge in [0.25, 0.3) is 0 Å². The largest absolute Gasteiger partial charge is 0.364 e. The van der Waals surface area contributed by atoms with E-state index in [0.717, 1.165) is 12.0 Å². The lowest BCUT2D eigenvalue weighted by Crippen LogP contribution is -2.51. The number of anilines is 1. The zero-order valence-electron chi connectivity index (χ0n) is 14.5. The zero-order valence-corrected chi connectivity index (χ0v) is 14.5. The van der Waals surface area contributed by atoms with Crippen molar-refractivity contribution in [3.05, 3.63) is 29.3 Å². The Morgan fingerprint density at radius 1 is 1.45 bits per heavy atom. The predicted molar refractivity (Wildman–Crippen MR) is 92.6 cm³/mol. The van der Waals surface area contributed by atoms with E-state index in [0.29, 0.717) is 12.0 Å². The lowest BCUT2D eigenvalue weighted by atomic mass is 9.79. The number of hydrogen-bond acceptors (Lipinski definition) is 3. The molecule has 1 aromatic rings. The molecule has 1 aromatic carbocycles. The maximum Gasteiger partial charge on any atom is 0.236 e. The van der Waals surface area contributed by atoms with Crippen LogP contribution in [0.4, 0.5) is 5.69 Å². The molecule has 1 aliphatic rings. The molecule has 1 heterocycles. The molecule has 0 aliphatic carbocycles. The van der Waals surface area contributed by atoms with Gasteiger partial charge in [-0.15, -0.1) is 0 Å². The molecular formula is C18H27N3O. The van der Waals surface area contributed by atoms with Gasteiger partial charge in [0.15, 0.2) is 0 Å². The molecule has 1 N–H and O–H groups in total. The molecule has 1 aliphatic heterocycles. The van der Waals surface area contributed by atoms with E-state index in [9.17, 15) is 4.79 Å². The van der Waals surface area contributed by atoms with Crippen molar-refractivity contribution in [1.29, 1.82) is 0 Å². The molecule has 0 fully saturated rings. The molecule has 0 bridgehead atoms. The molecule has 0 aromatic heterocycles. The minimum absolute atomic E-state index is 0.157. The van der Waals surface area contributed by atoms with Crippen molar-refractivity contribution >= 4 is 17.8 Å². The minimum atomic E-state index is -0.157. The van der Waals surface area contributed by atoms with E-state index in [2.05, 4.69) is 68.2 Å². The van der Waals surface area contributed by atoms with Gasteiger partial charge in [0.05, 0.1) is 6.21 Å². The molecule has 1 unspecified atom stereocenters. The molecule has 4 heteroatoms. The summed E-state index contributed by atoms with van der Waals surface area (Å²) in [6.45, 7) is 12.9. The van der Waals surface area contributed by atoms with Crippen LogP contribution >= 0.6 is 0 Å². The average Bonchev–Trinajstić information content (AvgIpc) is 2.37. The second kappa shape index (κ2) is 6.11. The van der Waals surface area contributed by atoms with Crippen LogP contribution in [0.5, 0.6) is 0 Å². The monoisotopic (exact) mass is 301 g/mol. The molecule has 0 spiro atoms. The van der Waals surface area contributed by atoms with E-state index in [1.165, 1.54) is 18.2 Å². The van der Waals surface area contributed by atoms with Crippen LogP contribution in [-0.2, 0) is 4.79 Å². The minimum Gasteiger partial charge on any atom is -0.364 e. The van der Waals surface area contributed by atoms with Gasteiger partial charge in [0, 0.05) is 24.2 Å². The standard InChI is InChI=1S/C18H27N3O/c1-12(2)21-17-8-7-15(11-19-20-14(4)22)9-16(17)13(3)10-18(21,5)6/h7-9,11-13H,10H2,1-6H3,(H,20,22)/b19-11+. The summed E-state index contributed by atoms with van der Waals surface area (Å²) in [5.74, 6) is 0.351. The van der Waals surface area contributed by atoms with Gasteiger partial charge in [-0.2, -0.15) is 5.10 Å². The summed E-state index contributed by atoms with van der Waals surface area (Å²) >= 11 is 0. The van der Waals surface area contributed by atoms with Gasteiger partial charge >= 0.3 is 0 Å². The first kappa shape index (κ1) is 16.5. The van der Waals surface area contributed by atoms with Crippen LogP contribution in [0.1, 0.15) is 65.0 Å². The van der Waals surface area contributed by atoms with E-state index in [4.69, 9.17) is 0 Å². The van der Waals surface area contributed by atoms with E-state index in [1.54, 1.807) is 6.21 Å². The smallest absolute Gasteiger partial charge is 0.236 e. The summed E-state index contributed by atoms with van der Waals surface area (Å²) in [7, 11) is 0. The maximum atomic E-state index is 10.9. The van der Waals surface area contributed by atoms with E-state index in [-0.39, 0.29) is 11.4 Å². The molecule has 1 amide bonds. The van der Waals surface area contributed by atoms with Gasteiger partial charge in [0.1, 0.15) is 0 Å². The summed E-state index contributed by atoms with van der Waals surface area (Å²) in [4.78, 5) is 13.4. The van der Waals surface area contributed by atoms with Gasteiger partial charge in [-0.3, -0.25) is 4.79 Å². The van der Waals surface area contributed by atoms with E-state index in [1.807, 2.05) is 0 Å². The van der Waals surface area contributed by atoms with Gasteiger partial charge in [-0.1, -0.05) is 13.0 Å². The van der Waals surface area contributed by atoms with E-state index >= 15 is 0 Å². The van der Waals surface area contributed by atoms with Crippen molar-refractivity contribution in [2.45, 2.75) is 65.5 Å². The second-order valence-corrected chi connectivity index (χ2v) is 7.13. The van der Waals surface area contributed by atoms with Crippen LogP contribution in [0.15, 0.2) is 23.3 Å². The van der Waals surface area contributed by atoms with Gasteiger partial charge in [-0.25, -0.2) is 5.43 Å². The Kier molecular flexibility index (Phi) is 4.59. The lowest BCUT2D eigenvalue weighted by molar-refractivity contribution is -0.118. The number of nitrogens with one attached hydrogen (secondary N) is 1. The quantitative estimate of drug-likeness (QED) is 0.684. The third kappa shape index (κ3) is 3.32. The molecule has 120 valence electrons. The number of nitrogens with zero attached hydrogens (tertiary/aromatic N) is 2. The molecule has 0 saturated carbocycles. The normalized spacial score (nSPS) is 20.3. The molecule has 4 nitrogen and oxygen atoms in total. The summed E-state index contributed by atoms with van der Waals surface area (Å²) in [6, 6.07) is 6.89. The molecule has 0 saturated heterocycles. The van der Waals surface area contributed by atoms with Crippen LogP contribution in [-0.4, -0.2) is 23.7 Å². The Morgan fingerprint density at radius 3 is 2.73 bits per heavy atom. The average molecular weight is 301 g/mol. The number of hydrogen-bond donors (Lipinski definition) is 1. The topological polar surface area (TPSA) is 44.7 Å². The van der Waals surface area contributed by atoms with Crippen molar-refractivity contribution < 1.29 is 4.79 Å². The third-order valence-corrected chi connectivity index (χ3v) is 4.25. The summed E-state index contributed by atoms with van der Waals surface area (Å²) in [5.41, 5.74) is 6.30. The SMILES string of the molecule is CC(=O)N/N=C/c1ccc2c(c1)C(C)CC(C)(C)N2C(C)C. The maximum absolute atomic E-state index is 10.9. The van der Waals surface area contributed by atoms with Crippen LogP contribution < -0.4 is 10.3 Å². The van der Waals surface area contributed by atoms with Crippen molar-refractivity contribution in [1.82, 2.24) is 5.43 Å². The van der Waals surface area contributed by atoms with Crippen LogP contribution in [0, 0.1) is 0 Å². The Hall–Kier alpha value is -1.84. The summed E-state index contributed by atoms with van der Waals surface area (Å²) in [5, 5.41) is 3.96. The van der Waals surface area contributed by atoms with Gasteiger partial charge in [0.2, 0.25) is 5.91 Å². The Bertz CT molecular complexity index is 590. The van der Waals surface area contributed by atoms with Crippen LogP contribution in [0.2, 0.25) is 0 Å². The first-order valence-corrected chi connectivity index (χ1v) is 7.95. The molecule has 0 radical (unpaired) electrons. The Balaban J connectivity index is 2.38. The first-order valence-electron chi connectivity index (χ1n) is 7.95. The third-order valence-electron chi connectivity index (χ3n) is 4.25. The highest BCUT2D eigenvalue weighted by molar-refractivity contribution is 5.83. The molecule has 2 rings (SSSR count). The number of rotatable bonds is 3. The number of carbonyl (C=O) groups excluding carboxylic acids is 1. The van der Waals surface area contributed by atoms with Crippen molar-refractivity contribution in [2.24, 2.45) is 5.10 Å². The molecule has 1 atom stereocenters.